The highest BCUT2D eigenvalue weighted by molar-refractivity contribution is 7.93. The van der Waals surface area contributed by atoms with E-state index < -0.39 is 14.6 Å². The van der Waals surface area contributed by atoms with E-state index in [1.54, 1.807) is 29.0 Å². The molecule has 3 heterocycles. The molecule has 0 saturated carbocycles. The van der Waals surface area contributed by atoms with Crippen molar-refractivity contribution in [3.05, 3.63) is 18.2 Å². The molecule has 1 aromatic rings. The minimum Gasteiger partial charge on any atom is -0.381 e. The molecule has 122 valence electrons. The zero-order valence-corrected chi connectivity index (χ0v) is 13.7. The maximum atomic E-state index is 12.4. The van der Waals surface area contributed by atoms with E-state index in [9.17, 15) is 13.2 Å². The summed E-state index contributed by atoms with van der Waals surface area (Å²) < 4.78 is 31.2. The lowest BCUT2D eigenvalue weighted by Gasteiger charge is -2.49. The number of aromatic nitrogens is 2. The molecule has 22 heavy (non-hydrogen) atoms. The Bertz CT molecular complexity index is 676. The third kappa shape index (κ3) is 2.25. The van der Waals surface area contributed by atoms with Crippen LogP contribution in [0.4, 0.5) is 0 Å². The minimum atomic E-state index is -3.17. The van der Waals surface area contributed by atoms with Gasteiger partial charge in [0.1, 0.15) is 10.4 Å². The predicted molar refractivity (Wildman–Crippen MR) is 80.2 cm³/mol. The third-order valence-corrected chi connectivity index (χ3v) is 7.35. The summed E-state index contributed by atoms with van der Waals surface area (Å²) in [5.41, 5.74) is 0.356. The molecule has 0 N–H and O–H groups in total. The van der Waals surface area contributed by atoms with E-state index in [1.807, 2.05) is 6.92 Å². The first-order valence-electron chi connectivity index (χ1n) is 7.47. The first kappa shape index (κ1) is 15.5. The van der Waals surface area contributed by atoms with Gasteiger partial charge in [0.15, 0.2) is 9.84 Å². The Morgan fingerprint density at radius 3 is 2.82 bits per heavy atom. The zero-order chi connectivity index (χ0) is 16.0. The largest absolute Gasteiger partial charge is 0.381 e. The van der Waals surface area contributed by atoms with Gasteiger partial charge in [-0.3, -0.25) is 4.79 Å². The van der Waals surface area contributed by atoms with Crippen molar-refractivity contribution in [3.8, 4) is 0 Å². The van der Waals surface area contributed by atoms with Crippen molar-refractivity contribution >= 4 is 15.7 Å². The number of rotatable bonds is 4. The fourth-order valence-electron chi connectivity index (χ4n) is 3.40. The number of hydrogen-bond acceptors (Lipinski definition) is 5. The van der Waals surface area contributed by atoms with Gasteiger partial charge in [0.05, 0.1) is 18.7 Å². The molecule has 1 amide bonds. The van der Waals surface area contributed by atoms with Crippen molar-refractivity contribution in [2.75, 3.05) is 32.1 Å². The average Bonchev–Trinajstić information content (AvgIpc) is 2.95. The molecular formula is C14H21N3O4S. The van der Waals surface area contributed by atoms with Crippen LogP contribution in [0.3, 0.4) is 0 Å². The molecule has 0 radical (unpaired) electrons. The molecule has 1 aromatic heterocycles. The molecule has 1 atom stereocenters. The molecule has 2 saturated heterocycles. The quantitative estimate of drug-likeness (QED) is 0.782. The van der Waals surface area contributed by atoms with Gasteiger partial charge < -0.3 is 14.2 Å². The molecule has 0 unspecified atom stereocenters. The lowest BCUT2D eigenvalue weighted by atomic mass is 9.83. The molecule has 0 aromatic carbocycles. The van der Waals surface area contributed by atoms with Gasteiger partial charge in [0.2, 0.25) is 0 Å². The standard InChI is InChI=1S/C14H21N3O4S/c1-3-21-7-11-4-5-22(19,20)14(11)8-17(9-14)13(18)12-6-16(2)10-15-12/h6,10-11H,3-5,7-9H2,1-2H3/t11-/m0/s1. The van der Waals surface area contributed by atoms with Crippen molar-refractivity contribution in [2.45, 2.75) is 18.1 Å². The van der Waals surface area contributed by atoms with Crippen LogP contribution in [0.25, 0.3) is 0 Å². The van der Waals surface area contributed by atoms with Crippen LogP contribution in [-0.2, 0) is 21.6 Å². The highest BCUT2D eigenvalue weighted by Crippen LogP contribution is 2.45. The van der Waals surface area contributed by atoms with Gasteiger partial charge in [-0.2, -0.15) is 0 Å². The molecule has 3 rings (SSSR count). The van der Waals surface area contributed by atoms with Crippen LogP contribution in [-0.4, -0.2) is 65.6 Å². The molecule has 0 aliphatic carbocycles. The molecule has 1 spiro atoms. The molecule has 2 fully saturated rings. The van der Waals surface area contributed by atoms with Crippen molar-refractivity contribution in [1.82, 2.24) is 14.5 Å². The van der Waals surface area contributed by atoms with Gasteiger partial charge in [-0.1, -0.05) is 0 Å². The van der Waals surface area contributed by atoms with Gasteiger partial charge >= 0.3 is 0 Å². The number of amides is 1. The predicted octanol–water partition coefficient (Wildman–Crippen LogP) is 0.0859. The van der Waals surface area contributed by atoms with Crippen LogP contribution in [0, 0.1) is 5.92 Å². The molecule has 2 aliphatic rings. The van der Waals surface area contributed by atoms with Crippen LogP contribution in [0.15, 0.2) is 12.5 Å². The van der Waals surface area contributed by atoms with Gasteiger partial charge in [-0.15, -0.1) is 0 Å². The van der Waals surface area contributed by atoms with Crippen LogP contribution >= 0.6 is 0 Å². The number of carbonyl (C=O) groups is 1. The number of imidazole rings is 1. The Kier molecular flexibility index (Phi) is 3.76. The second kappa shape index (κ2) is 5.34. The summed E-state index contributed by atoms with van der Waals surface area (Å²) in [5, 5.41) is 0. The maximum absolute atomic E-state index is 12.4. The van der Waals surface area contributed by atoms with E-state index >= 15 is 0 Å². The lowest BCUT2D eigenvalue weighted by molar-refractivity contribution is 0.0267. The highest BCUT2D eigenvalue weighted by Gasteiger charge is 2.62. The minimum absolute atomic E-state index is 0.0229. The molecule has 7 nitrogen and oxygen atoms in total. The number of nitrogens with zero attached hydrogens (tertiary/aromatic N) is 3. The Morgan fingerprint density at radius 2 is 2.23 bits per heavy atom. The van der Waals surface area contributed by atoms with Crippen LogP contribution in [0.1, 0.15) is 23.8 Å². The van der Waals surface area contributed by atoms with E-state index in [-0.39, 0.29) is 30.7 Å². The summed E-state index contributed by atoms with van der Waals surface area (Å²) in [4.78, 5) is 17.9. The average molecular weight is 327 g/mol. The molecular weight excluding hydrogens is 306 g/mol. The summed E-state index contributed by atoms with van der Waals surface area (Å²) >= 11 is 0. The number of ether oxygens (including phenoxy) is 1. The van der Waals surface area contributed by atoms with Gasteiger partial charge in [-0.25, -0.2) is 13.4 Å². The smallest absolute Gasteiger partial charge is 0.274 e. The number of hydrogen-bond donors (Lipinski definition) is 0. The Balaban J connectivity index is 1.74. The third-order valence-electron chi connectivity index (χ3n) is 4.75. The zero-order valence-electron chi connectivity index (χ0n) is 12.9. The van der Waals surface area contributed by atoms with E-state index in [4.69, 9.17) is 4.74 Å². The summed E-state index contributed by atoms with van der Waals surface area (Å²) in [6.45, 7) is 3.42. The number of aryl methyl sites for hydroxylation is 1. The fraction of sp³-hybridized carbons (Fsp3) is 0.714. The van der Waals surface area contributed by atoms with Crippen LogP contribution < -0.4 is 0 Å². The van der Waals surface area contributed by atoms with E-state index in [1.165, 1.54) is 0 Å². The molecule has 8 heteroatoms. The number of likely N-dealkylation sites (tertiary alicyclic amines) is 1. The Labute approximate surface area is 130 Å². The topological polar surface area (TPSA) is 81.5 Å². The second-order valence-corrected chi connectivity index (χ2v) is 8.57. The monoisotopic (exact) mass is 327 g/mol. The van der Waals surface area contributed by atoms with Crippen LogP contribution in [0.5, 0.6) is 0 Å². The molecule has 2 aliphatic heterocycles. The van der Waals surface area contributed by atoms with E-state index in [0.717, 1.165) is 0 Å². The SMILES string of the molecule is CCOC[C@@H]1CCS(=O)(=O)C12CN(C(=O)c1cn(C)cn1)C2. The fourth-order valence-corrected chi connectivity index (χ4v) is 5.80. The summed E-state index contributed by atoms with van der Waals surface area (Å²) in [5.74, 6) is -0.0372. The number of carbonyl (C=O) groups excluding carboxylic acids is 1. The van der Waals surface area contributed by atoms with Crippen molar-refractivity contribution in [1.29, 1.82) is 0 Å². The Hall–Kier alpha value is -1.41. The van der Waals surface area contributed by atoms with Gasteiger partial charge in [0, 0.05) is 38.9 Å². The maximum Gasteiger partial charge on any atom is 0.274 e. The van der Waals surface area contributed by atoms with E-state index in [0.29, 0.717) is 25.3 Å². The van der Waals surface area contributed by atoms with Crippen molar-refractivity contribution in [3.63, 3.8) is 0 Å². The Morgan fingerprint density at radius 1 is 1.50 bits per heavy atom. The van der Waals surface area contributed by atoms with Crippen LogP contribution in [0.2, 0.25) is 0 Å². The first-order chi connectivity index (χ1) is 10.4. The normalized spacial score (nSPS) is 25.4. The summed E-state index contributed by atoms with van der Waals surface area (Å²) in [6, 6.07) is 0. The van der Waals surface area contributed by atoms with E-state index in [2.05, 4.69) is 4.98 Å². The van der Waals surface area contributed by atoms with Crippen molar-refractivity contribution < 1.29 is 17.9 Å². The second-order valence-electron chi connectivity index (χ2n) is 6.11. The van der Waals surface area contributed by atoms with Gasteiger partial charge in [-0.05, 0) is 13.3 Å². The van der Waals surface area contributed by atoms with Crippen molar-refractivity contribution in [2.24, 2.45) is 13.0 Å². The summed E-state index contributed by atoms with van der Waals surface area (Å²) in [7, 11) is -1.38. The van der Waals surface area contributed by atoms with Gasteiger partial charge in [0.25, 0.3) is 5.91 Å². The highest BCUT2D eigenvalue weighted by atomic mass is 32.2. The number of sulfone groups is 1. The molecule has 0 bridgehead atoms. The summed E-state index contributed by atoms with van der Waals surface area (Å²) in [6.07, 6.45) is 3.83. The first-order valence-corrected chi connectivity index (χ1v) is 9.12. The lowest BCUT2D eigenvalue weighted by Crippen LogP contribution is -2.68.